The zero-order valence-corrected chi connectivity index (χ0v) is 12.5. The average Bonchev–Trinajstić information content (AvgIpc) is 2.45. The number of hydrogen-bond acceptors (Lipinski definition) is 3. The first kappa shape index (κ1) is 14.2. The second-order valence-electron chi connectivity index (χ2n) is 4.52. The number of nitrogens with one attached hydrogen (secondary N) is 1. The van der Waals surface area contributed by atoms with Gasteiger partial charge in [0.05, 0.1) is 0 Å². The minimum absolute atomic E-state index is 0.0974. The Morgan fingerprint density at radius 2 is 1.95 bits per heavy atom. The molecular weight excluding hydrogens is 302 g/mol. The van der Waals surface area contributed by atoms with Crippen molar-refractivity contribution in [3.05, 3.63) is 64.4 Å². The summed E-state index contributed by atoms with van der Waals surface area (Å²) in [6, 6.07) is 12.7. The van der Waals surface area contributed by atoms with E-state index in [9.17, 15) is 0 Å². The van der Waals surface area contributed by atoms with Crippen LogP contribution in [0.5, 0.6) is 0 Å². The van der Waals surface area contributed by atoms with Crippen molar-refractivity contribution in [2.45, 2.75) is 19.0 Å². The first-order chi connectivity index (χ1) is 9.20. The van der Waals surface area contributed by atoms with Crippen LogP contribution in [0.15, 0.2) is 53.3 Å². The summed E-state index contributed by atoms with van der Waals surface area (Å²) >= 11 is 3.44. The van der Waals surface area contributed by atoms with Gasteiger partial charge in [0.25, 0.3) is 0 Å². The predicted octanol–water partition coefficient (Wildman–Crippen LogP) is 3.19. The standard InChI is InChI=1S/C15H18BrN3/c1-11(12-5-3-2-4-6-12)19-15(8-17)13-7-14(16)10-18-9-13/h2-7,9-11,15,19H,8,17H2,1H3. The minimum atomic E-state index is 0.0974. The molecule has 1 aromatic heterocycles. The summed E-state index contributed by atoms with van der Waals surface area (Å²) in [5, 5.41) is 3.54. The lowest BCUT2D eigenvalue weighted by molar-refractivity contribution is 0.472. The molecule has 1 heterocycles. The van der Waals surface area contributed by atoms with Crippen LogP contribution in [0, 0.1) is 0 Å². The molecule has 4 heteroatoms. The van der Waals surface area contributed by atoms with Crippen LogP contribution in [0.3, 0.4) is 0 Å². The van der Waals surface area contributed by atoms with Gasteiger partial charge in [0.2, 0.25) is 0 Å². The van der Waals surface area contributed by atoms with Gasteiger partial charge in [-0.1, -0.05) is 30.3 Å². The molecule has 0 spiro atoms. The molecule has 0 aliphatic carbocycles. The van der Waals surface area contributed by atoms with Gasteiger partial charge >= 0.3 is 0 Å². The molecule has 2 atom stereocenters. The molecule has 0 amide bonds. The second-order valence-corrected chi connectivity index (χ2v) is 5.44. The average molecular weight is 320 g/mol. The summed E-state index contributed by atoms with van der Waals surface area (Å²) in [7, 11) is 0. The fourth-order valence-corrected chi connectivity index (χ4v) is 2.44. The van der Waals surface area contributed by atoms with E-state index in [4.69, 9.17) is 5.73 Å². The van der Waals surface area contributed by atoms with Crippen molar-refractivity contribution in [1.82, 2.24) is 10.3 Å². The van der Waals surface area contributed by atoms with E-state index in [1.165, 1.54) is 5.56 Å². The van der Waals surface area contributed by atoms with Gasteiger partial charge in [0.1, 0.15) is 0 Å². The number of hydrogen-bond donors (Lipinski definition) is 2. The van der Waals surface area contributed by atoms with Crippen LogP contribution in [0.1, 0.15) is 30.1 Å². The molecule has 0 saturated heterocycles. The monoisotopic (exact) mass is 319 g/mol. The summed E-state index contributed by atoms with van der Waals surface area (Å²) in [5.74, 6) is 0. The van der Waals surface area contributed by atoms with E-state index < -0.39 is 0 Å². The Morgan fingerprint density at radius 1 is 1.21 bits per heavy atom. The normalized spacial score (nSPS) is 14.1. The Labute approximate surface area is 122 Å². The Morgan fingerprint density at radius 3 is 2.58 bits per heavy atom. The number of nitrogens with two attached hydrogens (primary N) is 1. The van der Waals surface area contributed by atoms with E-state index in [-0.39, 0.29) is 12.1 Å². The number of nitrogens with zero attached hydrogens (tertiary/aromatic N) is 1. The lowest BCUT2D eigenvalue weighted by atomic mass is 10.0. The van der Waals surface area contributed by atoms with E-state index in [1.54, 1.807) is 6.20 Å². The molecule has 2 unspecified atom stereocenters. The summed E-state index contributed by atoms with van der Waals surface area (Å²) < 4.78 is 0.970. The third-order valence-corrected chi connectivity index (χ3v) is 3.55. The fraction of sp³-hybridized carbons (Fsp3) is 0.267. The first-order valence-electron chi connectivity index (χ1n) is 6.32. The largest absolute Gasteiger partial charge is 0.329 e. The summed E-state index contributed by atoms with van der Waals surface area (Å²) in [4.78, 5) is 4.19. The smallest absolute Gasteiger partial charge is 0.0464 e. The van der Waals surface area contributed by atoms with Crippen molar-refractivity contribution >= 4 is 15.9 Å². The van der Waals surface area contributed by atoms with Gasteiger partial charge in [0, 0.05) is 35.5 Å². The van der Waals surface area contributed by atoms with E-state index in [2.05, 4.69) is 51.4 Å². The van der Waals surface area contributed by atoms with Crippen LogP contribution >= 0.6 is 15.9 Å². The molecule has 1 aromatic carbocycles. The van der Waals surface area contributed by atoms with E-state index in [0.29, 0.717) is 6.54 Å². The molecule has 0 aliphatic rings. The van der Waals surface area contributed by atoms with Crippen LogP contribution < -0.4 is 11.1 Å². The lowest BCUT2D eigenvalue weighted by Crippen LogP contribution is -2.30. The van der Waals surface area contributed by atoms with Crippen molar-refractivity contribution in [3.63, 3.8) is 0 Å². The number of pyridine rings is 1. The number of aromatic nitrogens is 1. The van der Waals surface area contributed by atoms with Gasteiger partial charge in [-0.25, -0.2) is 0 Å². The Balaban J connectivity index is 2.11. The molecule has 2 rings (SSSR count). The van der Waals surface area contributed by atoms with E-state index in [1.807, 2.05) is 24.4 Å². The molecule has 2 aromatic rings. The van der Waals surface area contributed by atoms with Crippen molar-refractivity contribution in [1.29, 1.82) is 0 Å². The quantitative estimate of drug-likeness (QED) is 0.889. The molecule has 0 fully saturated rings. The second kappa shape index (κ2) is 6.80. The Hall–Kier alpha value is -1.23. The van der Waals surface area contributed by atoms with Crippen molar-refractivity contribution in [2.24, 2.45) is 5.73 Å². The zero-order chi connectivity index (χ0) is 13.7. The third-order valence-electron chi connectivity index (χ3n) is 3.11. The highest BCUT2D eigenvalue weighted by molar-refractivity contribution is 9.10. The highest BCUT2D eigenvalue weighted by Gasteiger charge is 2.14. The molecule has 0 radical (unpaired) electrons. The highest BCUT2D eigenvalue weighted by atomic mass is 79.9. The van der Waals surface area contributed by atoms with E-state index >= 15 is 0 Å². The maximum atomic E-state index is 5.88. The van der Waals surface area contributed by atoms with Crippen LogP contribution in [-0.2, 0) is 0 Å². The number of benzene rings is 1. The van der Waals surface area contributed by atoms with Crippen LogP contribution in [0.2, 0.25) is 0 Å². The Kier molecular flexibility index (Phi) is 5.07. The van der Waals surface area contributed by atoms with Gasteiger partial charge in [-0.15, -0.1) is 0 Å². The van der Waals surface area contributed by atoms with Crippen LogP contribution in [0.4, 0.5) is 0 Å². The summed E-state index contributed by atoms with van der Waals surface area (Å²) in [6.07, 6.45) is 3.63. The minimum Gasteiger partial charge on any atom is -0.329 e. The van der Waals surface area contributed by atoms with Crippen molar-refractivity contribution in [3.8, 4) is 0 Å². The third kappa shape index (κ3) is 3.86. The van der Waals surface area contributed by atoms with Crippen LogP contribution in [0.25, 0.3) is 0 Å². The molecule has 0 bridgehead atoms. The van der Waals surface area contributed by atoms with Crippen LogP contribution in [-0.4, -0.2) is 11.5 Å². The summed E-state index contributed by atoms with van der Waals surface area (Å²) in [5.41, 5.74) is 8.23. The maximum absolute atomic E-state index is 5.88. The van der Waals surface area contributed by atoms with Gasteiger partial charge in [-0.05, 0) is 40.0 Å². The van der Waals surface area contributed by atoms with Gasteiger partial charge in [-0.2, -0.15) is 0 Å². The molecule has 19 heavy (non-hydrogen) atoms. The van der Waals surface area contributed by atoms with Crippen molar-refractivity contribution < 1.29 is 0 Å². The molecule has 3 nitrogen and oxygen atoms in total. The topological polar surface area (TPSA) is 50.9 Å². The molecule has 0 saturated carbocycles. The molecule has 100 valence electrons. The molecule has 3 N–H and O–H groups in total. The molecular formula is C15H18BrN3. The fourth-order valence-electron chi connectivity index (χ4n) is 2.06. The summed E-state index contributed by atoms with van der Waals surface area (Å²) in [6.45, 7) is 2.68. The van der Waals surface area contributed by atoms with Crippen molar-refractivity contribution in [2.75, 3.05) is 6.54 Å². The van der Waals surface area contributed by atoms with Gasteiger partial charge in [0.15, 0.2) is 0 Å². The SMILES string of the molecule is CC(NC(CN)c1cncc(Br)c1)c1ccccc1. The Bertz CT molecular complexity index is 516. The van der Waals surface area contributed by atoms with Gasteiger partial charge in [-0.3, -0.25) is 4.98 Å². The first-order valence-corrected chi connectivity index (χ1v) is 7.11. The zero-order valence-electron chi connectivity index (χ0n) is 10.9. The number of halogens is 1. The number of rotatable bonds is 5. The maximum Gasteiger partial charge on any atom is 0.0464 e. The molecule has 0 aliphatic heterocycles. The predicted molar refractivity (Wildman–Crippen MR) is 81.7 cm³/mol. The lowest BCUT2D eigenvalue weighted by Gasteiger charge is -2.22. The van der Waals surface area contributed by atoms with E-state index in [0.717, 1.165) is 10.0 Å². The highest BCUT2D eigenvalue weighted by Crippen LogP contribution is 2.20. The van der Waals surface area contributed by atoms with Gasteiger partial charge < -0.3 is 11.1 Å².